The SMILES string of the molecule is COc1ccc(-n2c(-c3ccc(C#N)c(F)c3)nc(C(=O)N3CC[C@H](N)C3)c2C)cc1F. The van der Waals surface area contributed by atoms with E-state index in [2.05, 4.69) is 4.98 Å². The van der Waals surface area contributed by atoms with E-state index in [0.29, 0.717) is 36.5 Å². The van der Waals surface area contributed by atoms with Gasteiger partial charge in [0, 0.05) is 30.8 Å². The number of likely N-dealkylation sites (tertiary alicyclic amines) is 1. The number of nitrogens with zero attached hydrogens (tertiary/aromatic N) is 4. The molecule has 0 radical (unpaired) electrons. The number of nitrogens with two attached hydrogens (primary N) is 1. The lowest BCUT2D eigenvalue weighted by Gasteiger charge is -2.15. The molecule has 1 aliphatic heterocycles. The van der Waals surface area contributed by atoms with E-state index in [1.165, 1.54) is 31.4 Å². The molecular formula is C23H21F2N5O2. The number of hydrogen-bond acceptors (Lipinski definition) is 5. The molecule has 1 amide bonds. The van der Waals surface area contributed by atoms with Gasteiger partial charge in [0.15, 0.2) is 11.6 Å². The topological polar surface area (TPSA) is 97.2 Å². The number of rotatable bonds is 4. The average Bonchev–Trinajstić information content (AvgIpc) is 3.36. The second-order valence-corrected chi connectivity index (χ2v) is 7.63. The number of carbonyl (C=O) groups is 1. The fourth-order valence-corrected chi connectivity index (χ4v) is 3.87. The first kappa shape index (κ1) is 21.5. The molecule has 0 saturated carbocycles. The van der Waals surface area contributed by atoms with Crippen LogP contribution in [0.1, 0.15) is 28.2 Å². The van der Waals surface area contributed by atoms with Crippen molar-refractivity contribution in [3.8, 4) is 28.9 Å². The Kier molecular flexibility index (Phi) is 5.63. The normalized spacial score (nSPS) is 15.6. The van der Waals surface area contributed by atoms with Gasteiger partial charge in [0.05, 0.1) is 24.1 Å². The van der Waals surface area contributed by atoms with Gasteiger partial charge in [-0.15, -0.1) is 0 Å². The van der Waals surface area contributed by atoms with Gasteiger partial charge in [-0.3, -0.25) is 9.36 Å². The number of hydrogen-bond donors (Lipinski definition) is 1. The van der Waals surface area contributed by atoms with Crippen LogP contribution < -0.4 is 10.5 Å². The quantitative estimate of drug-likeness (QED) is 0.676. The smallest absolute Gasteiger partial charge is 0.274 e. The van der Waals surface area contributed by atoms with Crippen molar-refractivity contribution in [2.45, 2.75) is 19.4 Å². The van der Waals surface area contributed by atoms with Gasteiger partial charge in [-0.05, 0) is 43.7 Å². The van der Waals surface area contributed by atoms with Gasteiger partial charge < -0.3 is 15.4 Å². The Morgan fingerprint density at radius 3 is 2.62 bits per heavy atom. The molecule has 1 aliphatic rings. The van der Waals surface area contributed by atoms with E-state index in [4.69, 9.17) is 15.7 Å². The zero-order chi connectivity index (χ0) is 23.0. The van der Waals surface area contributed by atoms with Crippen LogP contribution in [-0.4, -0.2) is 46.6 Å². The molecule has 3 aromatic rings. The summed E-state index contributed by atoms with van der Waals surface area (Å²) in [5.74, 6) is -1.27. The monoisotopic (exact) mass is 437 g/mol. The summed E-state index contributed by atoms with van der Waals surface area (Å²) in [4.78, 5) is 19.3. The first-order valence-corrected chi connectivity index (χ1v) is 10.0. The van der Waals surface area contributed by atoms with Crippen molar-refractivity contribution in [2.24, 2.45) is 5.73 Å². The molecule has 1 atom stereocenters. The molecular weight excluding hydrogens is 416 g/mol. The van der Waals surface area contributed by atoms with Crippen LogP contribution in [0.2, 0.25) is 0 Å². The molecule has 0 spiro atoms. The molecule has 2 N–H and O–H groups in total. The van der Waals surface area contributed by atoms with Crippen molar-refractivity contribution in [2.75, 3.05) is 20.2 Å². The predicted molar refractivity (Wildman–Crippen MR) is 113 cm³/mol. The van der Waals surface area contributed by atoms with E-state index >= 15 is 0 Å². The summed E-state index contributed by atoms with van der Waals surface area (Å²) in [6.45, 7) is 2.63. The van der Waals surface area contributed by atoms with Gasteiger partial charge >= 0.3 is 0 Å². The van der Waals surface area contributed by atoms with Crippen LogP contribution in [0, 0.1) is 29.9 Å². The molecule has 9 heteroatoms. The summed E-state index contributed by atoms with van der Waals surface area (Å²) in [5.41, 5.74) is 7.22. The van der Waals surface area contributed by atoms with Crippen molar-refractivity contribution in [3.63, 3.8) is 0 Å². The maximum atomic E-state index is 14.5. The highest BCUT2D eigenvalue weighted by molar-refractivity contribution is 5.94. The Morgan fingerprint density at radius 2 is 2.03 bits per heavy atom. The lowest BCUT2D eigenvalue weighted by atomic mass is 10.1. The second kappa shape index (κ2) is 8.40. The van der Waals surface area contributed by atoms with Gasteiger partial charge in [0.2, 0.25) is 0 Å². The van der Waals surface area contributed by atoms with Crippen molar-refractivity contribution in [1.82, 2.24) is 14.5 Å². The minimum absolute atomic E-state index is 0.0693. The van der Waals surface area contributed by atoms with Crippen LogP contribution in [0.5, 0.6) is 5.75 Å². The van der Waals surface area contributed by atoms with E-state index in [9.17, 15) is 13.6 Å². The largest absolute Gasteiger partial charge is 0.494 e. The van der Waals surface area contributed by atoms with Crippen molar-refractivity contribution in [1.29, 1.82) is 5.26 Å². The Balaban J connectivity index is 1.89. The zero-order valence-corrected chi connectivity index (χ0v) is 17.6. The van der Waals surface area contributed by atoms with Crippen LogP contribution in [-0.2, 0) is 0 Å². The number of imidazole rings is 1. The van der Waals surface area contributed by atoms with Gasteiger partial charge in [-0.25, -0.2) is 13.8 Å². The van der Waals surface area contributed by atoms with E-state index in [1.54, 1.807) is 34.6 Å². The fourth-order valence-electron chi connectivity index (χ4n) is 3.87. The van der Waals surface area contributed by atoms with Crippen LogP contribution in [0.15, 0.2) is 36.4 Å². The summed E-state index contributed by atoms with van der Waals surface area (Å²) in [6, 6.07) is 10.1. The van der Waals surface area contributed by atoms with Crippen LogP contribution >= 0.6 is 0 Å². The maximum absolute atomic E-state index is 14.5. The van der Waals surface area contributed by atoms with Crippen molar-refractivity contribution < 1.29 is 18.3 Å². The second-order valence-electron chi connectivity index (χ2n) is 7.63. The molecule has 0 bridgehead atoms. The first-order chi connectivity index (χ1) is 15.3. The van der Waals surface area contributed by atoms with Crippen LogP contribution in [0.3, 0.4) is 0 Å². The molecule has 1 fully saturated rings. The number of carbonyl (C=O) groups excluding carboxylic acids is 1. The van der Waals surface area contributed by atoms with Gasteiger partial charge in [-0.2, -0.15) is 5.26 Å². The molecule has 2 heterocycles. The van der Waals surface area contributed by atoms with Crippen LogP contribution in [0.25, 0.3) is 17.1 Å². The van der Waals surface area contributed by atoms with Gasteiger partial charge in [0.25, 0.3) is 5.91 Å². The summed E-state index contributed by atoms with van der Waals surface area (Å²) in [7, 11) is 1.36. The number of methoxy groups -OCH3 is 1. The Morgan fingerprint density at radius 1 is 1.25 bits per heavy atom. The molecule has 1 saturated heterocycles. The molecule has 2 aromatic carbocycles. The summed E-state index contributed by atoms with van der Waals surface area (Å²) in [5, 5.41) is 9.03. The molecule has 4 rings (SSSR count). The molecule has 164 valence electrons. The lowest BCUT2D eigenvalue weighted by Crippen LogP contribution is -2.32. The molecule has 0 unspecified atom stereocenters. The Labute approximate surface area is 183 Å². The highest BCUT2D eigenvalue weighted by Gasteiger charge is 2.30. The molecule has 1 aromatic heterocycles. The van der Waals surface area contributed by atoms with E-state index in [1.807, 2.05) is 0 Å². The maximum Gasteiger partial charge on any atom is 0.274 e. The Hall–Kier alpha value is -3.77. The van der Waals surface area contributed by atoms with Crippen molar-refractivity contribution in [3.05, 3.63) is 65.0 Å². The molecule has 0 aliphatic carbocycles. The number of aromatic nitrogens is 2. The van der Waals surface area contributed by atoms with Crippen molar-refractivity contribution >= 4 is 5.91 Å². The summed E-state index contributed by atoms with van der Waals surface area (Å²) < 4.78 is 35.4. The van der Waals surface area contributed by atoms with Gasteiger partial charge in [0.1, 0.15) is 23.4 Å². The highest BCUT2D eigenvalue weighted by atomic mass is 19.1. The predicted octanol–water partition coefficient (Wildman–Crippen LogP) is 3.18. The number of ether oxygens (including phenoxy) is 1. The summed E-state index contributed by atoms with van der Waals surface area (Å²) >= 11 is 0. The van der Waals surface area contributed by atoms with E-state index < -0.39 is 11.6 Å². The number of benzene rings is 2. The number of amides is 1. The lowest BCUT2D eigenvalue weighted by molar-refractivity contribution is 0.0785. The summed E-state index contributed by atoms with van der Waals surface area (Å²) in [6.07, 6.45) is 0.697. The van der Waals surface area contributed by atoms with E-state index in [0.717, 1.165) is 0 Å². The van der Waals surface area contributed by atoms with Crippen LogP contribution in [0.4, 0.5) is 8.78 Å². The highest BCUT2D eigenvalue weighted by Crippen LogP contribution is 2.30. The first-order valence-electron chi connectivity index (χ1n) is 10.0. The third kappa shape index (κ3) is 3.69. The fraction of sp³-hybridized carbons (Fsp3) is 0.261. The molecule has 32 heavy (non-hydrogen) atoms. The standard InChI is InChI=1S/C23H21F2N5O2/c1-13-21(23(31)29-8-7-16(27)12-29)28-22(14-3-4-15(11-26)18(24)9-14)30(13)17-5-6-20(32-2)19(25)10-17/h3-6,9-10,16H,7-8,12,27H2,1-2H3/t16-/m0/s1. The average molecular weight is 437 g/mol. The van der Waals surface area contributed by atoms with E-state index in [-0.39, 0.29) is 34.8 Å². The number of halogens is 2. The zero-order valence-electron chi connectivity index (χ0n) is 17.6. The minimum atomic E-state index is -0.712. The van der Waals surface area contributed by atoms with Gasteiger partial charge in [-0.1, -0.05) is 0 Å². The Bertz CT molecular complexity index is 1250. The molecule has 7 nitrogen and oxygen atoms in total. The third-order valence-corrected chi connectivity index (χ3v) is 5.56. The minimum Gasteiger partial charge on any atom is -0.494 e. The third-order valence-electron chi connectivity index (χ3n) is 5.56. The number of nitriles is 1.